The van der Waals surface area contributed by atoms with Crippen LogP contribution in [0.1, 0.15) is 16.1 Å². The maximum Gasteiger partial charge on any atom is 0.416 e. The summed E-state index contributed by atoms with van der Waals surface area (Å²) in [6.45, 7) is 0.767. The van der Waals surface area contributed by atoms with Crippen molar-refractivity contribution in [3.8, 4) is 5.75 Å². The number of nitrogens with one attached hydrogen (secondary N) is 1. The van der Waals surface area contributed by atoms with Crippen LogP contribution in [0.15, 0.2) is 39.8 Å². The van der Waals surface area contributed by atoms with Crippen molar-refractivity contribution in [3.63, 3.8) is 0 Å². The third kappa shape index (κ3) is 4.54. The molecule has 0 spiro atoms. The first-order valence-corrected chi connectivity index (χ1v) is 9.81. The minimum absolute atomic E-state index is 0.000863. The lowest BCUT2D eigenvalue weighted by molar-refractivity contribution is -0.137. The number of halogens is 3. The molecule has 2 heterocycles. The first kappa shape index (κ1) is 21.1. The van der Waals surface area contributed by atoms with Crippen molar-refractivity contribution in [2.75, 3.05) is 38.7 Å². The van der Waals surface area contributed by atoms with E-state index >= 15 is 0 Å². The Labute approximate surface area is 164 Å². The first-order chi connectivity index (χ1) is 13.6. The van der Waals surface area contributed by atoms with Crippen molar-refractivity contribution in [2.24, 2.45) is 0 Å². The van der Waals surface area contributed by atoms with E-state index in [4.69, 9.17) is 13.9 Å². The van der Waals surface area contributed by atoms with Gasteiger partial charge in [-0.3, -0.25) is 4.79 Å². The fourth-order valence-corrected chi connectivity index (χ4v) is 3.98. The van der Waals surface area contributed by atoms with E-state index in [1.807, 2.05) is 0 Å². The van der Waals surface area contributed by atoms with Gasteiger partial charge in [0.15, 0.2) is 5.76 Å². The number of furan rings is 1. The number of rotatable bonds is 5. The second-order valence-corrected chi connectivity index (χ2v) is 7.87. The van der Waals surface area contributed by atoms with Crippen molar-refractivity contribution in [3.05, 3.63) is 41.7 Å². The van der Waals surface area contributed by atoms with E-state index < -0.39 is 32.8 Å². The van der Waals surface area contributed by atoms with Gasteiger partial charge in [-0.25, -0.2) is 8.42 Å². The molecular weight excluding hydrogens is 417 g/mol. The lowest BCUT2D eigenvalue weighted by Crippen LogP contribution is -2.40. The average Bonchev–Trinajstić information content (AvgIpc) is 3.19. The first-order valence-electron chi connectivity index (χ1n) is 8.37. The molecule has 1 fully saturated rings. The number of anilines is 1. The average molecular weight is 434 g/mol. The zero-order valence-corrected chi connectivity index (χ0v) is 16.0. The summed E-state index contributed by atoms with van der Waals surface area (Å²) in [5, 5.41) is 1.80. The molecule has 1 aliphatic heterocycles. The Morgan fingerprint density at radius 1 is 1.17 bits per heavy atom. The summed E-state index contributed by atoms with van der Waals surface area (Å²) >= 11 is 0. The molecule has 12 heteroatoms. The van der Waals surface area contributed by atoms with E-state index in [0.29, 0.717) is 6.07 Å². The highest BCUT2D eigenvalue weighted by atomic mass is 32.2. The van der Waals surface area contributed by atoms with Gasteiger partial charge >= 0.3 is 6.18 Å². The van der Waals surface area contributed by atoms with Gasteiger partial charge in [0.05, 0.1) is 31.6 Å². The van der Waals surface area contributed by atoms with E-state index in [-0.39, 0.29) is 43.5 Å². The smallest absolute Gasteiger partial charge is 0.416 e. The normalized spacial score (nSPS) is 15.9. The minimum atomic E-state index is -4.62. The van der Waals surface area contributed by atoms with E-state index in [1.54, 1.807) is 0 Å². The highest BCUT2D eigenvalue weighted by Crippen LogP contribution is 2.35. The number of hydrogen-bond donors (Lipinski definition) is 1. The van der Waals surface area contributed by atoms with Crippen molar-refractivity contribution < 1.29 is 40.3 Å². The number of morpholine rings is 1. The number of carbonyl (C=O) groups is 1. The minimum Gasteiger partial charge on any atom is -0.495 e. The van der Waals surface area contributed by atoms with Crippen LogP contribution in [0, 0.1) is 0 Å². The molecule has 1 saturated heterocycles. The molecule has 8 nitrogen and oxygen atoms in total. The standard InChI is InChI=1S/C17H17F3N2O6S/c1-26-13-3-2-11(17(18,19)20)10-12(13)21-16(23)14-4-5-15(28-14)29(24,25)22-6-8-27-9-7-22/h2-5,10H,6-9H2,1H3,(H,21,23). The monoisotopic (exact) mass is 434 g/mol. The van der Waals surface area contributed by atoms with Gasteiger partial charge in [-0.1, -0.05) is 0 Å². The van der Waals surface area contributed by atoms with Gasteiger partial charge in [-0.15, -0.1) is 0 Å². The fraction of sp³-hybridized carbons (Fsp3) is 0.353. The number of methoxy groups -OCH3 is 1. The predicted octanol–water partition coefficient (Wildman–Crippen LogP) is 2.58. The van der Waals surface area contributed by atoms with E-state index in [9.17, 15) is 26.4 Å². The molecule has 3 rings (SSSR count). The van der Waals surface area contributed by atoms with Crippen LogP contribution in [0.25, 0.3) is 0 Å². The number of benzene rings is 1. The molecule has 0 radical (unpaired) electrons. The third-order valence-electron chi connectivity index (χ3n) is 4.14. The van der Waals surface area contributed by atoms with Crippen LogP contribution in [0.2, 0.25) is 0 Å². The Bertz CT molecular complexity index is 997. The SMILES string of the molecule is COc1ccc(C(F)(F)F)cc1NC(=O)c1ccc(S(=O)(=O)N2CCOCC2)o1. The Balaban J connectivity index is 1.82. The molecule has 1 amide bonds. The van der Waals surface area contributed by atoms with Gasteiger partial charge in [0.25, 0.3) is 15.9 Å². The number of carbonyl (C=O) groups excluding carboxylic acids is 1. The lowest BCUT2D eigenvalue weighted by atomic mass is 10.1. The van der Waals surface area contributed by atoms with Gasteiger partial charge in [-0.2, -0.15) is 17.5 Å². The largest absolute Gasteiger partial charge is 0.495 e. The van der Waals surface area contributed by atoms with Crippen molar-refractivity contribution in [1.29, 1.82) is 0 Å². The van der Waals surface area contributed by atoms with Crippen molar-refractivity contribution in [1.82, 2.24) is 4.31 Å². The molecule has 29 heavy (non-hydrogen) atoms. The summed E-state index contributed by atoms with van der Waals surface area (Å²) in [6, 6.07) is 4.83. The molecule has 158 valence electrons. The summed E-state index contributed by atoms with van der Waals surface area (Å²) < 4.78 is 80.2. The number of hydrogen-bond acceptors (Lipinski definition) is 6. The van der Waals surface area contributed by atoms with Gasteiger partial charge in [0, 0.05) is 13.1 Å². The molecule has 1 aromatic carbocycles. The Kier molecular flexibility index (Phi) is 5.87. The number of ether oxygens (including phenoxy) is 2. The van der Waals surface area contributed by atoms with Crippen LogP contribution in [0.5, 0.6) is 5.75 Å². The summed E-state index contributed by atoms with van der Waals surface area (Å²) in [6.07, 6.45) is -4.62. The number of sulfonamides is 1. The summed E-state index contributed by atoms with van der Waals surface area (Å²) in [5.74, 6) is -1.30. The topological polar surface area (TPSA) is 98.1 Å². The van der Waals surface area contributed by atoms with Gasteiger partial charge in [0.1, 0.15) is 5.75 Å². The molecule has 0 saturated carbocycles. The number of amides is 1. The zero-order valence-electron chi connectivity index (χ0n) is 15.2. The molecule has 1 aromatic heterocycles. The van der Waals surface area contributed by atoms with Crippen LogP contribution in [-0.2, 0) is 20.9 Å². The Morgan fingerprint density at radius 3 is 2.48 bits per heavy atom. The van der Waals surface area contributed by atoms with E-state index in [1.165, 1.54) is 7.11 Å². The van der Waals surface area contributed by atoms with E-state index in [2.05, 4.69) is 5.32 Å². The zero-order chi connectivity index (χ0) is 21.2. The van der Waals surface area contributed by atoms with Crippen LogP contribution in [0.4, 0.5) is 18.9 Å². The lowest BCUT2D eigenvalue weighted by Gasteiger charge is -2.24. The second kappa shape index (κ2) is 8.05. The molecule has 1 N–H and O–H groups in total. The molecular formula is C17H17F3N2O6S. The Hall–Kier alpha value is -2.57. The highest BCUT2D eigenvalue weighted by molar-refractivity contribution is 7.89. The van der Waals surface area contributed by atoms with Crippen LogP contribution >= 0.6 is 0 Å². The maximum absolute atomic E-state index is 12.9. The molecule has 2 aromatic rings. The fourth-order valence-electron chi connectivity index (χ4n) is 2.66. The number of nitrogens with zero attached hydrogens (tertiary/aromatic N) is 1. The van der Waals surface area contributed by atoms with E-state index in [0.717, 1.165) is 28.6 Å². The summed E-state index contributed by atoms with van der Waals surface area (Å²) in [4.78, 5) is 12.4. The molecule has 0 atom stereocenters. The number of alkyl halides is 3. The van der Waals surface area contributed by atoms with Crippen molar-refractivity contribution in [2.45, 2.75) is 11.3 Å². The molecule has 0 aliphatic carbocycles. The second-order valence-electron chi connectivity index (χ2n) is 6.00. The summed E-state index contributed by atoms with van der Waals surface area (Å²) in [5.41, 5.74) is -1.22. The molecule has 1 aliphatic rings. The van der Waals surface area contributed by atoms with Crippen LogP contribution in [0.3, 0.4) is 0 Å². The maximum atomic E-state index is 12.9. The molecule has 0 unspecified atom stereocenters. The van der Waals surface area contributed by atoms with Crippen LogP contribution < -0.4 is 10.1 Å². The van der Waals surface area contributed by atoms with Gasteiger partial charge in [-0.05, 0) is 30.3 Å². The Morgan fingerprint density at radius 2 is 1.86 bits per heavy atom. The van der Waals surface area contributed by atoms with Crippen molar-refractivity contribution >= 4 is 21.6 Å². The van der Waals surface area contributed by atoms with Gasteiger partial charge in [0.2, 0.25) is 5.09 Å². The van der Waals surface area contributed by atoms with Gasteiger partial charge < -0.3 is 19.2 Å². The van der Waals surface area contributed by atoms with Crippen LogP contribution in [-0.4, -0.2) is 52.0 Å². The quantitative estimate of drug-likeness (QED) is 0.777. The predicted molar refractivity (Wildman–Crippen MR) is 94.2 cm³/mol. The summed E-state index contributed by atoms with van der Waals surface area (Å²) in [7, 11) is -2.72. The highest BCUT2D eigenvalue weighted by Gasteiger charge is 2.32. The third-order valence-corrected chi connectivity index (χ3v) is 5.92. The molecule has 0 bridgehead atoms.